The zero-order chi connectivity index (χ0) is 14.4. The number of rotatable bonds is 5. The lowest BCUT2D eigenvalue weighted by Crippen LogP contribution is -2.34. The van der Waals surface area contributed by atoms with Crippen LogP contribution < -0.4 is 10.1 Å². The molecule has 0 saturated heterocycles. The molecule has 19 heavy (non-hydrogen) atoms. The fraction of sp³-hybridized carbons (Fsp3) is 0.385. The molecule has 1 unspecified atom stereocenters. The summed E-state index contributed by atoms with van der Waals surface area (Å²) in [7, 11) is 2.73. The van der Waals surface area contributed by atoms with Crippen LogP contribution in [0.3, 0.4) is 0 Å². The molecule has 104 valence electrons. The number of halogens is 1. The summed E-state index contributed by atoms with van der Waals surface area (Å²) in [4.78, 5) is 23.1. The van der Waals surface area contributed by atoms with Crippen LogP contribution in [0.4, 0.5) is 0 Å². The van der Waals surface area contributed by atoms with Crippen molar-refractivity contribution >= 4 is 23.5 Å². The van der Waals surface area contributed by atoms with Crippen LogP contribution in [0.15, 0.2) is 18.2 Å². The predicted octanol–water partition coefficient (Wildman–Crippen LogP) is 1.51. The van der Waals surface area contributed by atoms with Gasteiger partial charge in [-0.15, -0.1) is 11.6 Å². The van der Waals surface area contributed by atoms with Crippen LogP contribution >= 0.6 is 11.6 Å². The Labute approximate surface area is 116 Å². The molecule has 1 N–H and O–H groups in total. The Morgan fingerprint density at radius 1 is 1.37 bits per heavy atom. The van der Waals surface area contributed by atoms with E-state index in [9.17, 15) is 9.59 Å². The maximum atomic E-state index is 12.0. The molecule has 0 bridgehead atoms. The van der Waals surface area contributed by atoms with E-state index in [0.717, 1.165) is 5.56 Å². The molecule has 0 aliphatic heterocycles. The van der Waals surface area contributed by atoms with Crippen LogP contribution in [0.25, 0.3) is 0 Å². The van der Waals surface area contributed by atoms with E-state index in [1.165, 1.54) is 14.2 Å². The first-order valence-corrected chi connectivity index (χ1v) is 6.08. The molecular weight excluding hydrogens is 270 g/mol. The highest BCUT2D eigenvalue weighted by molar-refractivity contribution is 6.30. The Hall–Kier alpha value is -1.75. The maximum Gasteiger partial charge on any atom is 0.325 e. The Morgan fingerprint density at radius 2 is 2.05 bits per heavy atom. The number of methoxy groups -OCH3 is 2. The molecule has 0 aliphatic rings. The van der Waals surface area contributed by atoms with Crippen LogP contribution in [-0.4, -0.2) is 38.0 Å². The third-order valence-corrected chi connectivity index (χ3v) is 2.83. The van der Waals surface area contributed by atoms with Gasteiger partial charge in [0, 0.05) is 6.54 Å². The fourth-order valence-electron chi connectivity index (χ4n) is 1.49. The van der Waals surface area contributed by atoms with Crippen LogP contribution in [0.1, 0.15) is 15.9 Å². The van der Waals surface area contributed by atoms with Crippen molar-refractivity contribution in [3.8, 4) is 5.75 Å². The second kappa shape index (κ2) is 6.99. The van der Waals surface area contributed by atoms with Crippen molar-refractivity contribution < 1.29 is 19.1 Å². The van der Waals surface area contributed by atoms with E-state index in [1.807, 2.05) is 13.0 Å². The van der Waals surface area contributed by atoms with Gasteiger partial charge in [-0.25, -0.2) is 0 Å². The molecule has 6 heteroatoms. The number of esters is 1. The molecule has 1 atom stereocenters. The molecule has 0 aliphatic carbocycles. The number of hydrogen-bond donors (Lipinski definition) is 1. The van der Waals surface area contributed by atoms with Gasteiger partial charge in [0.1, 0.15) is 11.1 Å². The molecule has 0 fully saturated rings. The zero-order valence-electron chi connectivity index (χ0n) is 11.0. The minimum atomic E-state index is -0.912. The van der Waals surface area contributed by atoms with Crippen molar-refractivity contribution in [3.63, 3.8) is 0 Å². The van der Waals surface area contributed by atoms with Crippen molar-refractivity contribution in [3.05, 3.63) is 29.3 Å². The number of nitrogens with one attached hydrogen (secondary N) is 1. The summed E-state index contributed by atoms with van der Waals surface area (Å²) in [6.07, 6.45) is 0. The third kappa shape index (κ3) is 4.13. The van der Waals surface area contributed by atoms with Gasteiger partial charge < -0.3 is 14.8 Å². The van der Waals surface area contributed by atoms with E-state index in [4.69, 9.17) is 16.3 Å². The third-order valence-electron chi connectivity index (χ3n) is 2.50. The van der Waals surface area contributed by atoms with Gasteiger partial charge in [-0.1, -0.05) is 11.6 Å². The molecular formula is C13H16ClNO4. The Balaban J connectivity index is 2.73. The molecule has 5 nitrogen and oxygen atoms in total. The lowest BCUT2D eigenvalue weighted by atomic mass is 10.1. The first-order valence-electron chi connectivity index (χ1n) is 5.64. The fourth-order valence-corrected chi connectivity index (χ4v) is 1.65. The number of aryl methyl sites for hydroxylation is 1. The standard InChI is InChI=1S/C13H16ClNO4/c1-8-4-5-11(18-2)9(6-8)12(16)15-7-10(14)13(17)19-3/h4-6,10H,7H2,1-3H3,(H,15,16). The number of hydrogen-bond acceptors (Lipinski definition) is 4. The van der Waals surface area contributed by atoms with E-state index < -0.39 is 11.3 Å². The van der Waals surface area contributed by atoms with Gasteiger partial charge in [-0.3, -0.25) is 9.59 Å². The highest BCUT2D eigenvalue weighted by Crippen LogP contribution is 2.19. The Morgan fingerprint density at radius 3 is 2.63 bits per heavy atom. The molecule has 1 rings (SSSR count). The summed E-state index contributed by atoms with van der Waals surface area (Å²) in [5.41, 5.74) is 1.33. The summed E-state index contributed by atoms with van der Waals surface area (Å²) in [5, 5.41) is 1.65. The second-order valence-electron chi connectivity index (χ2n) is 3.90. The highest BCUT2D eigenvalue weighted by atomic mass is 35.5. The molecule has 0 spiro atoms. The normalized spacial score (nSPS) is 11.6. The van der Waals surface area contributed by atoms with Crippen LogP contribution in [0.5, 0.6) is 5.75 Å². The lowest BCUT2D eigenvalue weighted by molar-refractivity contribution is -0.140. The number of carbonyl (C=O) groups is 2. The van der Waals surface area contributed by atoms with Gasteiger partial charge in [-0.2, -0.15) is 0 Å². The van der Waals surface area contributed by atoms with Crippen LogP contribution in [0.2, 0.25) is 0 Å². The number of alkyl halides is 1. The lowest BCUT2D eigenvalue weighted by Gasteiger charge is -2.11. The molecule has 0 radical (unpaired) electrons. The summed E-state index contributed by atoms with van der Waals surface area (Å²) in [6.45, 7) is 1.86. The van der Waals surface area contributed by atoms with Gasteiger partial charge in [0.25, 0.3) is 5.91 Å². The Kier molecular flexibility index (Phi) is 5.63. The number of benzene rings is 1. The number of ether oxygens (including phenoxy) is 2. The summed E-state index contributed by atoms with van der Waals surface area (Å²) >= 11 is 5.75. The summed E-state index contributed by atoms with van der Waals surface area (Å²) in [6, 6.07) is 5.26. The monoisotopic (exact) mass is 285 g/mol. The van der Waals surface area contributed by atoms with Crippen molar-refractivity contribution in [1.82, 2.24) is 5.32 Å². The van der Waals surface area contributed by atoms with E-state index in [1.54, 1.807) is 12.1 Å². The van der Waals surface area contributed by atoms with Crippen molar-refractivity contribution in [2.45, 2.75) is 12.3 Å². The van der Waals surface area contributed by atoms with E-state index in [2.05, 4.69) is 10.1 Å². The minimum absolute atomic E-state index is 0.00976. The van der Waals surface area contributed by atoms with Gasteiger partial charge in [-0.05, 0) is 19.1 Å². The number of amides is 1. The summed E-state index contributed by atoms with van der Waals surface area (Å²) in [5.74, 6) is -0.472. The second-order valence-corrected chi connectivity index (χ2v) is 4.43. The quantitative estimate of drug-likeness (QED) is 0.658. The SMILES string of the molecule is COC(=O)C(Cl)CNC(=O)c1cc(C)ccc1OC. The average molecular weight is 286 g/mol. The zero-order valence-corrected chi connectivity index (χ0v) is 11.8. The average Bonchev–Trinajstić information content (AvgIpc) is 2.43. The highest BCUT2D eigenvalue weighted by Gasteiger charge is 2.18. The van der Waals surface area contributed by atoms with Crippen molar-refractivity contribution in [2.75, 3.05) is 20.8 Å². The molecule has 1 amide bonds. The minimum Gasteiger partial charge on any atom is -0.496 e. The number of carbonyl (C=O) groups excluding carboxylic acids is 2. The van der Waals surface area contributed by atoms with Crippen molar-refractivity contribution in [1.29, 1.82) is 0 Å². The van der Waals surface area contributed by atoms with Crippen LogP contribution in [-0.2, 0) is 9.53 Å². The van der Waals surface area contributed by atoms with Crippen molar-refractivity contribution in [2.24, 2.45) is 0 Å². The summed E-state index contributed by atoms with van der Waals surface area (Å²) < 4.78 is 9.58. The smallest absolute Gasteiger partial charge is 0.325 e. The maximum absolute atomic E-state index is 12.0. The molecule has 0 aromatic heterocycles. The molecule has 1 aromatic rings. The van der Waals surface area contributed by atoms with Gasteiger partial charge >= 0.3 is 5.97 Å². The van der Waals surface area contributed by atoms with E-state index in [-0.39, 0.29) is 12.5 Å². The largest absolute Gasteiger partial charge is 0.496 e. The van der Waals surface area contributed by atoms with Gasteiger partial charge in [0.15, 0.2) is 0 Å². The van der Waals surface area contributed by atoms with Gasteiger partial charge in [0.2, 0.25) is 0 Å². The first kappa shape index (κ1) is 15.3. The van der Waals surface area contributed by atoms with Crippen LogP contribution in [0, 0.1) is 6.92 Å². The molecule has 1 aromatic carbocycles. The first-order chi connectivity index (χ1) is 8.99. The predicted molar refractivity (Wildman–Crippen MR) is 71.7 cm³/mol. The van der Waals surface area contributed by atoms with Gasteiger partial charge in [0.05, 0.1) is 19.8 Å². The Bertz CT molecular complexity index is 476. The molecule has 0 saturated carbocycles. The molecule has 0 heterocycles. The van der Waals surface area contributed by atoms with E-state index >= 15 is 0 Å². The topological polar surface area (TPSA) is 64.6 Å². The van der Waals surface area contributed by atoms with E-state index in [0.29, 0.717) is 11.3 Å².